The molecule has 3 nitrogen and oxygen atoms in total. The third kappa shape index (κ3) is 4.12. The standard InChI is InChI=1S/C19H11Cl2FN2OS2/c1-26-19-13(9-23)16(10-2-4-11(20)5-3-10)17(27-19)18(25)24-12-6-7-15(22)14(21)8-12/h2-8H,1H3,(H,24,25). The quantitative estimate of drug-likeness (QED) is 0.462. The number of hydrogen-bond donors (Lipinski definition) is 1. The number of halogens is 3. The third-order valence-corrected chi connectivity index (χ3v) is 6.54. The number of thiophene rings is 1. The predicted octanol–water partition coefficient (Wildman–Crippen LogP) is 6.71. The van der Waals surface area contributed by atoms with E-state index < -0.39 is 11.7 Å². The summed E-state index contributed by atoms with van der Waals surface area (Å²) in [4.78, 5) is 13.3. The molecule has 1 amide bonds. The number of amides is 1. The minimum Gasteiger partial charge on any atom is -0.321 e. The van der Waals surface area contributed by atoms with Crippen LogP contribution in [0.4, 0.5) is 10.1 Å². The molecule has 0 aliphatic rings. The SMILES string of the molecule is CSc1sc(C(=O)Nc2ccc(F)c(Cl)c2)c(-c2ccc(Cl)cc2)c1C#N. The van der Waals surface area contributed by atoms with E-state index >= 15 is 0 Å². The van der Waals surface area contributed by atoms with Gasteiger partial charge < -0.3 is 5.32 Å². The van der Waals surface area contributed by atoms with E-state index in [1.54, 1.807) is 24.3 Å². The Morgan fingerprint density at radius 2 is 1.93 bits per heavy atom. The second-order valence-corrected chi connectivity index (χ2v) is 8.31. The highest BCUT2D eigenvalue weighted by molar-refractivity contribution is 8.00. The maximum Gasteiger partial charge on any atom is 0.266 e. The molecule has 0 spiro atoms. The lowest BCUT2D eigenvalue weighted by Gasteiger charge is -2.08. The summed E-state index contributed by atoms with van der Waals surface area (Å²) < 4.78 is 14.1. The molecule has 2 aromatic carbocycles. The number of nitrogens with zero attached hydrogens (tertiary/aromatic N) is 1. The molecule has 0 atom stereocenters. The molecule has 1 heterocycles. The molecule has 3 rings (SSSR count). The van der Waals surface area contributed by atoms with Crippen LogP contribution in [0.2, 0.25) is 10.0 Å². The summed E-state index contributed by atoms with van der Waals surface area (Å²) >= 11 is 14.4. The molecule has 0 bridgehead atoms. The number of carbonyl (C=O) groups excluding carboxylic acids is 1. The summed E-state index contributed by atoms with van der Waals surface area (Å²) in [6.07, 6.45) is 1.85. The first-order chi connectivity index (χ1) is 12.9. The Bertz CT molecular complexity index is 1060. The van der Waals surface area contributed by atoms with Gasteiger partial charge in [-0.05, 0) is 42.2 Å². The number of carbonyl (C=O) groups is 1. The first-order valence-electron chi connectivity index (χ1n) is 7.57. The summed E-state index contributed by atoms with van der Waals surface area (Å²) in [7, 11) is 0. The van der Waals surface area contributed by atoms with Gasteiger partial charge in [0, 0.05) is 16.3 Å². The summed E-state index contributed by atoms with van der Waals surface area (Å²) in [6.45, 7) is 0. The van der Waals surface area contributed by atoms with E-state index in [9.17, 15) is 14.4 Å². The molecule has 0 radical (unpaired) electrons. The number of thioether (sulfide) groups is 1. The summed E-state index contributed by atoms with van der Waals surface area (Å²) in [5.41, 5.74) is 2.08. The van der Waals surface area contributed by atoms with Crippen LogP contribution >= 0.6 is 46.3 Å². The van der Waals surface area contributed by atoms with E-state index in [4.69, 9.17) is 23.2 Å². The molecule has 3 aromatic rings. The van der Waals surface area contributed by atoms with Gasteiger partial charge in [0.2, 0.25) is 0 Å². The smallest absolute Gasteiger partial charge is 0.266 e. The highest BCUT2D eigenvalue weighted by Gasteiger charge is 2.24. The van der Waals surface area contributed by atoms with Gasteiger partial charge in [-0.2, -0.15) is 5.26 Å². The van der Waals surface area contributed by atoms with Gasteiger partial charge in [-0.15, -0.1) is 23.1 Å². The summed E-state index contributed by atoms with van der Waals surface area (Å²) in [6, 6.07) is 13.1. The zero-order valence-corrected chi connectivity index (χ0v) is 17.0. The molecule has 0 saturated heterocycles. The van der Waals surface area contributed by atoms with Crippen molar-refractivity contribution in [3.8, 4) is 17.2 Å². The number of anilines is 1. The van der Waals surface area contributed by atoms with Gasteiger partial charge in [0.05, 0.1) is 14.8 Å². The van der Waals surface area contributed by atoms with Crippen molar-refractivity contribution in [3.05, 3.63) is 68.8 Å². The lowest BCUT2D eigenvalue weighted by molar-refractivity contribution is 0.103. The van der Waals surface area contributed by atoms with Gasteiger partial charge in [-0.25, -0.2) is 4.39 Å². The number of nitrogens with one attached hydrogen (secondary N) is 1. The maximum absolute atomic E-state index is 13.3. The molecule has 27 heavy (non-hydrogen) atoms. The molecule has 0 aliphatic carbocycles. The first-order valence-corrected chi connectivity index (χ1v) is 10.4. The molecule has 1 aromatic heterocycles. The van der Waals surface area contributed by atoms with Crippen molar-refractivity contribution in [1.82, 2.24) is 0 Å². The van der Waals surface area contributed by atoms with Crippen LogP contribution in [-0.2, 0) is 0 Å². The van der Waals surface area contributed by atoms with Crippen LogP contribution in [0.5, 0.6) is 0 Å². The summed E-state index contributed by atoms with van der Waals surface area (Å²) in [5, 5.41) is 12.8. The highest BCUT2D eigenvalue weighted by atomic mass is 35.5. The van der Waals surface area contributed by atoms with Crippen LogP contribution in [0.15, 0.2) is 46.7 Å². The van der Waals surface area contributed by atoms with Crippen molar-refractivity contribution in [2.75, 3.05) is 11.6 Å². The first kappa shape index (κ1) is 19.7. The minimum absolute atomic E-state index is 0.0839. The average molecular weight is 437 g/mol. The van der Waals surface area contributed by atoms with Crippen LogP contribution in [0.25, 0.3) is 11.1 Å². The van der Waals surface area contributed by atoms with Gasteiger partial charge >= 0.3 is 0 Å². The fourth-order valence-electron chi connectivity index (χ4n) is 2.47. The van der Waals surface area contributed by atoms with Gasteiger partial charge in [-0.1, -0.05) is 35.3 Å². The van der Waals surface area contributed by atoms with Crippen molar-refractivity contribution in [3.63, 3.8) is 0 Å². The second-order valence-electron chi connectivity index (χ2n) is 5.37. The Balaban J connectivity index is 2.07. The molecule has 0 unspecified atom stereocenters. The monoisotopic (exact) mass is 436 g/mol. The van der Waals surface area contributed by atoms with Crippen LogP contribution in [0.3, 0.4) is 0 Å². The zero-order valence-electron chi connectivity index (χ0n) is 13.8. The van der Waals surface area contributed by atoms with Crippen LogP contribution in [0.1, 0.15) is 15.2 Å². The zero-order chi connectivity index (χ0) is 19.6. The summed E-state index contributed by atoms with van der Waals surface area (Å²) in [5.74, 6) is -0.964. The molecule has 0 saturated carbocycles. The molecular weight excluding hydrogens is 426 g/mol. The van der Waals surface area contributed by atoms with Crippen LogP contribution in [-0.4, -0.2) is 12.2 Å². The topological polar surface area (TPSA) is 52.9 Å². The largest absolute Gasteiger partial charge is 0.321 e. The molecule has 1 N–H and O–H groups in total. The fraction of sp³-hybridized carbons (Fsp3) is 0.0526. The molecule has 8 heteroatoms. The average Bonchev–Trinajstić information content (AvgIpc) is 3.04. The molecule has 0 fully saturated rings. The third-order valence-electron chi connectivity index (χ3n) is 3.69. The van der Waals surface area contributed by atoms with Crippen molar-refractivity contribution >= 4 is 57.9 Å². The van der Waals surface area contributed by atoms with Crippen LogP contribution in [0, 0.1) is 17.1 Å². The molecule has 0 aliphatic heterocycles. The Morgan fingerprint density at radius 3 is 2.52 bits per heavy atom. The van der Waals surface area contributed by atoms with Crippen LogP contribution < -0.4 is 5.32 Å². The van der Waals surface area contributed by atoms with E-state index in [1.807, 2.05) is 6.26 Å². The van der Waals surface area contributed by atoms with Crippen molar-refractivity contribution in [2.24, 2.45) is 0 Å². The van der Waals surface area contributed by atoms with Crippen molar-refractivity contribution in [2.45, 2.75) is 4.21 Å². The Kier molecular flexibility index (Phi) is 6.08. The lowest BCUT2D eigenvalue weighted by atomic mass is 10.0. The van der Waals surface area contributed by atoms with Gasteiger partial charge in [0.1, 0.15) is 16.8 Å². The minimum atomic E-state index is -0.566. The normalized spacial score (nSPS) is 10.5. The number of rotatable bonds is 4. The maximum atomic E-state index is 13.3. The Labute approximate surface area is 173 Å². The van der Waals surface area contributed by atoms with E-state index in [0.717, 1.165) is 9.77 Å². The van der Waals surface area contributed by atoms with Crippen molar-refractivity contribution < 1.29 is 9.18 Å². The second kappa shape index (κ2) is 8.32. The van der Waals surface area contributed by atoms with E-state index in [0.29, 0.717) is 26.7 Å². The highest BCUT2D eigenvalue weighted by Crippen LogP contribution is 2.41. The van der Waals surface area contributed by atoms with Gasteiger partial charge in [0.25, 0.3) is 5.91 Å². The predicted molar refractivity (Wildman–Crippen MR) is 111 cm³/mol. The van der Waals surface area contributed by atoms with Crippen molar-refractivity contribution in [1.29, 1.82) is 5.26 Å². The van der Waals surface area contributed by atoms with E-state index in [2.05, 4.69) is 11.4 Å². The number of hydrogen-bond acceptors (Lipinski definition) is 4. The molecular formula is C19H11Cl2FN2OS2. The Morgan fingerprint density at radius 1 is 1.22 bits per heavy atom. The number of benzene rings is 2. The van der Waals surface area contributed by atoms with E-state index in [1.165, 1.54) is 41.3 Å². The molecule has 136 valence electrons. The number of nitriles is 1. The van der Waals surface area contributed by atoms with Gasteiger partial charge in [-0.3, -0.25) is 4.79 Å². The van der Waals surface area contributed by atoms with Gasteiger partial charge in [0.15, 0.2) is 0 Å². The fourth-order valence-corrected chi connectivity index (χ4v) is 4.61. The Hall–Kier alpha value is -2.04. The lowest BCUT2D eigenvalue weighted by Crippen LogP contribution is -2.11. The van der Waals surface area contributed by atoms with E-state index in [-0.39, 0.29) is 5.02 Å².